The molecule has 7 nitrogen and oxygen atoms in total. The molecule has 7 heteroatoms. The summed E-state index contributed by atoms with van der Waals surface area (Å²) in [6, 6.07) is 13.8. The summed E-state index contributed by atoms with van der Waals surface area (Å²) in [4.78, 5) is 25.2. The van der Waals surface area contributed by atoms with Crippen molar-refractivity contribution in [3.63, 3.8) is 0 Å². The van der Waals surface area contributed by atoms with Crippen LogP contribution < -0.4 is 15.0 Å². The maximum Gasteiger partial charge on any atom is 0.330 e. The zero-order valence-corrected chi connectivity index (χ0v) is 16.1. The molecule has 0 fully saturated rings. The van der Waals surface area contributed by atoms with Crippen molar-refractivity contribution >= 4 is 22.8 Å². The standard InChI is InChI=1S/C22H21NO6/c1-3-28-20(25)12-9-17-13-15-5-4-6-19(29-14-24)21(15)22(26)23(17)16-7-10-18(27-2)11-8-16/h4-13,24H,3,14H2,1-2H3. The number of esters is 1. The molecule has 1 aromatic heterocycles. The summed E-state index contributed by atoms with van der Waals surface area (Å²) in [5.74, 6) is 0.424. The molecule has 29 heavy (non-hydrogen) atoms. The molecule has 1 N–H and O–H groups in total. The number of aromatic nitrogens is 1. The van der Waals surface area contributed by atoms with Gasteiger partial charge in [0.05, 0.1) is 24.8 Å². The summed E-state index contributed by atoms with van der Waals surface area (Å²) >= 11 is 0. The van der Waals surface area contributed by atoms with Gasteiger partial charge >= 0.3 is 5.97 Å². The van der Waals surface area contributed by atoms with Crippen LogP contribution in [0, 0.1) is 0 Å². The summed E-state index contributed by atoms with van der Waals surface area (Å²) in [5, 5.41) is 10.1. The maximum absolute atomic E-state index is 13.4. The van der Waals surface area contributed by atoms with Crippen LogP contribution in [0.4, 0.5) is 0 Å². The minimum Gasteiger partial charge on any atom is -0.497 e. The molecule has 0 bridgehead atoms. The van der Waals surface area contributed by atoms with Crippen molar-refractivity contribution in [2.24, 2.45) is 0 Å². The van der Waals surface area contributed by atoms with Gasteiger partial charge in [-0.1, -0.05) is 12.1 Å². The second-order valence-electron chi connectivity index (χ2n) is 5.99. The summed E-state index contributed by atoms with van der Waals surface area (Å²) in [5.41, 5.74) is 0.724. The molecule has 0 aliphatic carbocycles. The monoisotopic (exact) mass is 395 g/mol. The number of carbonyl (C=O) groups excluding carboxylic acids is 1. The van der Waals surface area contributed by atoms with Gasteiger partial charge in [-0.3, -0.25) is 9.36 Å². The lowest BCUT2D eigenvalue weighted by molar-refractivity contribution is -0.137. The van der Waals surface area contributed by atoms with Crippen LogP contribution in [-0.2, 0) is 9.53 Å². The van der Waals surface area contributed by atoms with Crippen LogP contribution in [-0.4, -0.2) is 36.2 Å². The van der Waals surface area contributed by atoms with E-state index in [0.29, 0.717) is 27.9 Å². The number of pyridine rings is 1. The maximum atomic E-state index is 13.4. The largest absolute Gasteiger partial charge is 0.497 e. The average molecular weight is 395 g/mol. The summed E-state index contributed by atoms with van der Waals surface area (Å²) < 4.78 is 16.8. The average Bonchev–Trinajstić information content (AvgIpc) is 2.73. The van der Waals surface area contributed by atoms with Crippen LogP contribution in [0.3, 0.4) is 0 Å². The van der Waals surface area contributed by atoms with Crippen LogP contribution in [0.5, 0.6) is 11.5 Å². The topological polar surface area (TPSA) is 87.0 Å². The van der Waals surface area contributed by atoms with Gasteiger partial charge in [0, 0.05) is 11.8 Å². The van der Waals surface area contributed by atoms with E-state index in [1.54, 1.807) is 62.6 Å². The van der Waals surface area contributed by atoms with E-state index in [0.717, 1.165) is 0 Å². The molecule has 3 rings (SSSR count). The van der Waals surface area contributed by atoms with E-state index in [4.69, 9.17) is 19.3 Å². The number of fused-ring (bicyclic) bond motifs is 1. The number of hydrogen-bond donors (Lipinski definition) is 1. The Morgan fingerprint density at radius 3 is 2.59 bits per heavy atom. The van der Waals surface area contributed by atoms with Gasteiger partial charge in [-0.25, -0.2) is 4.79 Å². The third-order valence-corrected chi connectivity index (χ3v) is 4.26. The normalized spacial score (nSPS) is 11.0. The molecule has 0 aliphatic rings. The van der Waals surface area contributed by atoms with E-state index >= 15 is 0 Å². The zero-order chi connectivity index (χ0) is 20.8. The molecule has 150 valence electrons. The lowest BCUT2D eigenvalue weighted by Gasteiger charge is -2.14. The molecule has 0 spiro atoms. The van der Waals surface area contributed by atoms with E-state index in [1.165, 1.54) is 16.7 Å². The summed E-state index contributed by atoms with van der Waals surface area (Å²) in [6.45, 7) is 1.43. The number of rotatable bonds is 7. The lowest BCUT2D eigenvalue weighted by atomic mass is 10.1. The third-order valence-electron chi connectivity index (χ3n) is 4.26. The fourth-order valence-electron chi connectivity index (χ4n) is 3.00. The first-order chi connectivity index (χ1) is 14.1. The molecule has 0 saturated carbocycles. The number of aliphatic hydroxyl groups excluding tert-OH is 1. The SMILES string of the molecule is CCOC(=O)C=Cc1cc2cccc(OCO)c2c(=O)n1-c1ccc(OC)cc1. The first-order valence-corrected chi connectivity index (χ1v) is 9.00. The summed E-state index contributed by atoms with van der Waals surface area (Å²) in [7, 11) is 1.56. The van der Waals surface area contributed by atoms with Crippen LogP contribution in [0.15, 0.2) is 59.4 Å². The zero-order valence-electron chi connectivity index (χ0n) is 16.1. The van der Waals surface area contributed by atoms with Crippen molar-refractivity contribution in [1.82, 2.24) is 4.57 Å². The van der Waals surface area contributed by atoms with Crippen LogP contribution in [0.25, 0.3) is 22.5 Å². The number of ether oxygens (including phenoxy) is 3. The molecular formula is C22H21NO6. The number of nitrogens with zero attached hydrogens (tertiary/aromatic N) is 1. The van der Waals surface area contributed by atoms with Gasteiger partial charge in [-0.05, 0) is 54.8 Å². The van der Waals surface area contributed by atoms with E-state index in [1.807, 2.05) is 0 Å². The number of hydrogen-bond acceptors (Lipinski definition) is 6. The van der Waals surface area contributed by atoms with Gasteiger partial charge in [-0.15, -0.1) is 0 Å². The highest BCUT2D eigenvalue weighted by molar-refractivity contribution is 5.91. The number of aliphatic hydroxyl groups is 1. The Balaban J connectivity index is 2.26. The van der Waals surface area contributed by atoms with Crippen LogP contribution in [0.1, 0.15) is 12.6 Å². The number of carbonyl (C=O) groups is 1. The van der Waals surface area contributed by atoms with Gasteiger partial charge in [-0.2, -0.15) is 0 Å². The molecule has 0 radical (unpaired) electrons. The molecule has 0 amide bonds. The Hall–Kier alpha value is -3.58. The highest BCUT2D eigenvalue weighted by Gasteiger charge is 2.14. The lowest BCUT2D eigenvalue weighted by Crippen LogP contribution is -2.21. The number of benzene rings is 2. The van der Waals surface area contributed by atoms with Gasteiger partial charge in [0.25, 0.3) is 5.56 Å². The Kier molecular flexibility index (Phi) is 6.31. The van der Waals surface area contributed by atoms with E-state index < -0.39 is 12.8 Å². The highest BCUT2D eigenvalue weighted by Crippen LogP contribution is 2.25. The van der Waals surface area contributed by atoms with Gasteiger partial charge in [0.2, 0.25) is 0 Å². The molecular weight excluding hydrogens is 374 g/mol. The predicted octanol–water partition coefficient (Wildman–Crippen LogP) is 2.90. The molecule has 0 unspecified atom stereocenters. The fourth-order valence-corrected chi connectivity index (χ4v) is 3.00. The quantitative estimate of drug-likeness (QED) is 0.376. The Morgan fingerprint density at radius 1 is 1.17 bits per heavy atom. The molecule has 0 saturated heterocycles. The van der Waals surface area contributed by atoms with Crippen molar-refractivity contribution < 1.29 is 24.1 Å². The predicted molar refractivity (Wildman–Crippen MR) is 109 cm³/mol. The van der Waals surface area contributed by atoms with Crippen LogP contribution >= 0.6 is 0 Å². The minimum atomic E-state index is -0.550. The number of methoxy groups -OCH3 is 1. The van der Waals surface area contributed by atoms with Crippen molar-refractivity contribution in [2.45, 2.75) is 6.92 Å². The van der Waals surface area contributed by atoms with Gasteiger partial charge < -0.3 is 19.3 Å². The van der Waals surface area contributed by atoms with Crippen molar-refractivity contribution in [3.05, 3.63) is 70.7 Å². The molecule has 3 aromatic rings. The van der Waals surface area contributed by atoms with Crippen molar-refractivity contribution in [2.75, 3.05) is 20.5 Å². The summed E-state index contributed by atoms with van der Waals surface area (Å²) in [6.07, 6.45) is 2.81. The minimum absolute atomic E-state index is 0.258. The van der Waals surface area contributed by atoms with Crippen molar-refractivity contribution in [3.8, 4) is 17.2 Å². The van der Waals surface area contributed by atoms with Gasteiger partial charge in [0.15, 0.2) is 6.79 Å². The molecule has 2 aromatic carbocycles. The Bertz CT molecular complexity index is 1100. The second-order valence-corrected chi connectivity index (χ2v) is 5.99. The first-order valence-electron chi connectivity index (χ1n) is 9.00. The Labute approximate surface area is 167 Å². The first kappa shape index (κ1) is 20.2. The van der Waals surface area contributed by atoms with Gasteiger partial charge in [0.1, 0.15) is 11.5 Å². The third kappa shape index (κ3) is 4.30. The van der Waals surface area contributed by atoms with E-state index in [2.05, 4.69) is 0 Å². The van der Waals surface area contributed by atoms with Crippen LogP contribution in [0.2, 0.25) is 0 Å². The molecule has 0 atom stereocenters. The van der Waals surface area contributed by atoms with E-state index in [9.17, 15) is 9.59 Å². The fraction of sp³-hybridized carbons (Fsp3) is 0.182. The second kappa shape index (κ2) is 9.07. The smallest absolute Gasteiger partial charge is 0.330 e. The molecule has 0 aliphatic heterocycles. The highest BCUT2D eigenvalue weighted by atomic mass is 16.6. The van der Waals surface area contributed by atoms with Crippen molar-refractivity contribution in [1.29, 1.82) is 0 Å². The molecule has 1 heterocycles. The Morgan fingerprint density at radius 2 is 1.93 bits per heavy atom. The van der Waals surface area contributed by atoms with E-state index in [-0.39, 0.29) is 17.9 Å².